The second-order valence-corrected chi connectivity index (χ2v) is 15.8. The smallest absolute Gasteiger partial charge is 0.324 e. The van der Waals surface area contributed by atoms with E-state index in [-0.39, 0.29) is 31.1 Å². The molecule has 1 aromatic carbocycles. The molecule has 4 atom stereocenters. The lowest BCUT2D eigenvalue weighted by molar-refractivity contribution is -0.155. The molecule has 3 aliphatic rings. The second-order valence-electron chi connectivity index (χ2n) is 14.9. The molecule has 3 aliphatic heterocycles. The third-order valence-electron chi connectivity index (χ3n) is 10.6. The molecule has 12 nitrogen and oxygen atoms in total. The summed E-state index contributed by atoms with van der Waals surface area (Å²) in [5.74, 6) is 1.88. The number of esters is 1. The minimum atomic E-state index is -0.931. The van der Waals surface area contributed by atoms with Gasteiger partial charge in [0.1, 0.15) is 12.1 Å². The van der Waals surface area contributed by atoms with Crippen LogP contribution in [0.1, 0.15) is 69.3 Å². The lowest BCUT2D eigenvalue weighted by atomic mass is 9.84. The second kappa shape index (κ2) is 14.9. The molecule has 13 heteroatoms. The van der Waals surface area contributed by atoms with Crippen LogP contribution in [-0.4, -0.2) is 87.3 Å². The Labute approximate surface area is 314 Å². The predicted molar refractivity (Wildman–Crippen MR) is 204 cm³/mol. The highest BCUT2D eigenvalue weighted by molar-refractivity contribution is 7.10. The first-order valence-corrected chi connectivity index (χ1v) is 19.2. The molecule has 0 saturated carbocycles. The van der Waals surface area contributed by atoms with Gasteiger partial charge in [0.2, 0.25) is 0 Å². The van der Waals surface area contributed by atoms with E-state index in [1.807, 2.05) is 18.4 Å². The van der Waals surface area contributed by atoms with Crippen molar-refractivity contribution in [2.24, 2.45) is 5.41 Å². The molecule has 0 aliphatic carbocycles. The molecular formula is C40H47N7O5S. The molecule has 53 heavy (non-hydrogen) atoms. The van der Waals surface area contributed by atoms with E-state index in [1.54, 1.807) is 18.2 Å². The quantitative estimate of drug-likeness (QED) is 0.203. The number of aryl methyl sites for hydroxylation is 1. The van der Waals surface area contributed by atoms with Crippen molar-refractivity contribution >= 4 is 40.1 Å². The number of aromatic nitrogens is 3. The number of ether oxygens (including phenoxy) is 2. The summed E-state index contributed by atoms with van der Waals surface area (Å²) in [7, 11) is 1.69. The highest BCUT2D eigenvalue weighted by Gasteiger charge is 2.38. The summed E-state index contributed by atoms with van der Waals surface area (Å²) in [6.45, 7) is 10.2. The molecule has 278 valence electrons. The van der Waals surface area contributed by atoms with Gasteiger partial charge in [-0.05, 0) is 69.4 Å². The number of thiazole rings is 1. The molecule has 0 unspecified atom stereocenters. The topological polar surface area (TPSA) is 131 Å². The molecule has 4 aromatic rings. The van der Waals surface area contributed by atoms with Crippen LogP contribution in [0.2, 0.25) is 0 Å². The maximum absolute atomic E-state index is 14.1. The van der Waals surface area contributed by atoms with Crippen LogP contribution in [0.25, 0.3) is 33.4 Å². The monoisotopic (exact) mass is 737 g/mol. The molecule has 6 bridgehead atoms. The van der Waals surface area contributed by atoms with Crippen LogP contribution in [-0.2, 0) is 38.4 Å². The Balaban J connectivity index is 1.34. The first-order valence-electron chi connectivity index (χ1n) is 18.4. The van der Waals surface area contributed by atoms with Crippen molar-refractivity contribution in [1.29, 1.82) is 0 Å². The number of terminal acetylenes is 1. The Morgan fingerprint density at radius 2 is 2.08 bits per heavy atom. The van der Waals surface area contributed by atoms with E-state index in [0.717, 1.165) is 57.6 Å². The van der Waals surface area contributed by atoms with E-state index < -0.39 is 29.5 Å². The van der Waals surface area contributed by atoms with Crippen molar-refractivity contribution < 1.29 is 23.9 Å². The van der Waals surface area contributed by atoms with Gasteiger partial charge >= 0.3 is 12.0 Å². The minimum absolute atomic E-state index is 0.171. The summed E-state index contributed by atoms with van der Waals surface area (Å²) in [4.78, 5) is 52.4. The van der Waals surface area contributed by atoms with Gasteiger partial charge in [0, 0.05) is 72.2 Å². The summed E-state index contributed by atoms with van der Waals surface area (Å²) >= 11 is 1.45. The Morgan fingerprint density at radius 3 is 2.81 bits per heavy atom. The Kier molecular flexibility index (Phi) is 10.3. The standard InChI is InChI=1S/C40H47N7O5S/c1-7-26-15-18-46(26)39(50)43-31-20-34-42-32(22-53-34)25-13-14-33-28(19-25)29(36(45(33)8-2)27-11-9-16-41-35(27)24(3)51-6)21-40(4,5)23-52-38(49)30-12-10-17-47(44-30)37(31)48/h1,9,11,13-14,16,19,22,24,26,30-31,44H,8,10,12,15,17-18,20-21,23H2,2-6H3,(H,43,50)/t24-,26+,30-,31-/m0/s1. The van der Waals surface area contributed by atoms with E-state index in [2.05, 4.69) is 66.3 Å². The fourth-order valence-electron chi connectivity index (χ4n) is 7.60. The fourth-order valence-corrected chi connectivity index (χ4v) is 8.45. The van der Waals surface area contributed by atoms with Crippen LogP contribution in [0.15, 0.2) is 41.9 Å². The highest BCUT2D eigenvalue weighted by atomic mass is 32.1. The molecule has 3 aromatic heterocycles. The largest absolute Gasteiger partial charge is 0.464 e. The third-order valence-corrected chi connectivity index (χ3v) is 11.5. The average Bonchev–Trinajstić information content (AvgIpc) is 3.74. The van der Waals surface area contributed by atoms with Crippen molar-refractivity contribution in [3.8, 4) is 34.9 Å². The number of methoxy groups -OCH3 is 1. The number of hydrogen-bond donors (Lipinski definition) is 2. The van der Waals surface area contributed by atoms with Crippen LogP contribution >= 0.6 is 11.3 Å². The number of carbonyl (C=O) groups is 3. The van der Waals surface area contributed by atoms with Crippen molar-refractivity contribution in [3.05, 3.63) is 58.2 Å². The number of fused-ring (bicyclic) bond motifs is 6. The number of likely N-dealkylation sites (tertiary alicyclic amines) is 1. The van der Waals surface area contributed by atoms with Crippen molar-refractivity contribution in [2.45, 2.75) is 90.6 Å². The number of urea groups is 1. The van der Waals surface area contributed by atoms with Crippen LogP contribution in [0.4, 0.5) is 4.79 Å². The fraction of sp³-hybridized carbons (Fsp3) is 0.475. The van der Waals surface area contributed by atoms with Gasteiger partial charge < -0.3 is 24.3 Å². The molecular weight excluding hydrogens is 691 g/mol. The van der Waals surface area contributed by atoms with Gasteiger partial charge in [0.25, 0.3) is 5.91 Å². The number of benzene rings is 1. The zero-order valence-corrected chi connectivity index (χ0v) is 31.8. The normalized spacial score (nSPS) is 22.4. The number of nitrogens with zero attached hydrogens (tertiary/aromatic N) is 5. The van der Waals surface area contributed by atoms with E-state index in [1.165, 1.54) is 16.3 Å². The van der Waals surface area contributed by atoms with Crippen LogP contribution in [0.5, 0.6) is 0 Å². The molecule has 6 heterocycles. The van der Waals surface area contributed by atoms with Crippen LogP contribution in [0.3, 0.4) is 0 Å². The first kappa shape index (κ1) is 36.6. The van der Waals surface area contributed by atoms with Crippen molar-refractivity contribution in [1.82, 2.24) is 35.2 Å². The van der Waals surface area contributed by atoms with E-state index in [4.69, 9.17) is 25.9 Å². The highest BCUT2D eigenvalue weighted by Crippen LogP contribution is 2.42. The van der Waals surface area contributed by atoms with Crippen LogP contribution < -0.4 is 10.7 Å². The van der Waals surface area contributed by atoms with E-state index >= 15 is 0 Å². The SMILES string of the molecule is C#C[C@@H]1CCN1C(=O)N[C@H]1Cc2nc(cs2)-c2ccc3c(c2)c(c(-c2cccnc2[C@H](C)OC)n3CC)CC(C)(C)COC(=O)[C@@H]2CCCN(N2)C1=O. The summed E-state index contributed by atoms with van der Waals surface area (Å²) in [6, 6.07) is 8.14. The Morgan fingerprint density at radius 1 is 1.25 bits per heavy atom. The van der Waals surface area contributed by atoms with Gasteiger partial charge in [-0.2, -0.15) is 0 Å². The number of cyclic esters (lactones) is 1. The number of carbonyl (C=O) groups excluding carboxylic acids is 3. The van der Waals surface area contributed by atoms with E-state index in [9.17, 15) is 14.4 Å². The van der Waals surface area contributed by atoms with Gasteiger partial charge in [-0.25, -0.2) is 15.2 Å². The number of hydrazine groups is 1. The summed E-state index contributed by atoms with van der Waals surface area (Å²) in [6.07, 6.45) is 9.84. The first-order chi connectivity index (χ1) is 25.5. The minimum Gasteiger partial charge on any atom is -0.464 e. The maximum atomic E-state index is 14.1. The lowest BCUT2D eigenvalue weighted by Crippen LogP contribution is -2.63. The molecule has 0 spiro atoms. The van der Waals surface area contributed by atoms with Gasteiger partial charge in [0.15, 0.2) is 0 Å². The zero-order chi connectivity index (χ0) is 37.4. The average molecular weight is 738 g/mol. The van der Waals surface area contributed by atoms with Gasteiger partial charge in [-0.3, -0.25) is 19.6 Å². The van der Waals surface area contributed by atoms with Gasteiger partial charge in [-0.15, -0.1) is 17.8 Å². The molecule has 2 fully saturated rings. The Hall–Kier alpha value is -4.77. The van der Waals surface area contributed by atoms with Crippen molar-refractivity contribution in [3.63, 3.8) is 0 Å². The third kappa shape index (κ3) is 7.15. The molecule has 2 saturated heterocycles. The molecule has 2 N–H and O–H groups in total. The Bertz CT molecular complexity index is 2080. The maximum Gasteiger partial charge on any atom is 0.324 e. The molecule has 0 radical (unpaired) electrons. The van der Waals surface area contributed by atoms with Crippen LogP contribution in [0, 0.1) is 17.8 Å². The van der Waals surface area contributed by atoms with E-state index in [0.29, 0.717) is 37.4 Å². The summed E-state index contributed by atoms with van der Waals surface area (Å²) in [5.41, 5.74) is 9.51. The number of rotatable bonds is 5. The molecule has 7 rings (SSSR count). The van der Waals surface area contributed by atoms with Gasteiger partial charge in [0.05, 0.1) is 40.8 Å². The predicted octanol–water partition coefficient (Wildman–Crippen LogP) is 5.50. The number of hydrogen-bond acceptors (Lipinski definition) is 9. The van der Waals surface area contributed by atoms with Gasteiger partial charge in [-0.1, -0.05) is 25.8 Å². The van der Waals surface area contributed by atoms with Crippen molar-refractivity contribution in [2.75, 3.05) is 26.8 Å². The lowest BCUT2D eigenvalue weighted by Gasteiger charge is -2.39. The number of nitrogens with one attached hydrogen (secondary N) is 2. The number of amides is 3. The number of pyridine rings is 1. The summed E-state index contributed by atoms with van der Waals surface area (Å²) < 4.78 is 14.1. The zero-order valence-electron chi connectivity index (χ0n) is 31.0. The summed E-state index contributed by atoms with van der Waals surface area (Å²) in [5, 5.41) is 8.17. The molecule has 3 amide bonds.